The topological polar surface area (TPSA) is 41.1 Å². The molecule has 0 aliphatic heterocycles. The van der Waals surface area contributed by atoms with E-state index in [0.29, 0.717) is 5.69 Å². The molecule has 0 aliphatic rings. The normalized spacial score (nSPS) is 10.3. The van der Waals surface area contributed by atoms with Crippen molar-refractivity contribution in [2.45, 2.75) is 0 Å². The van der Waals surface area contributed by atoms with Crippen LogP contribution in [0.15, 0.2) is 36.4 Å². The molecular weight excluding hydrogens is 305 g/mol. The monoisotopic (exact) mass is 314 g/mol. The molecule has 0 radical (unpaired) electrons. The number of anilines is 2. The largest absolute Gasteiger partial charge is 0.376 e. The van der Waals surface area contributed by atoms with E-state index in [2.05, 4.69) is 10.6 Å². The van der Waals surface area contributed by atoms with Crippen molar-refractivity contribution >= 4 is 28.9 Å². The number of halogens is 4. The zero-order valence-electron chi connectivity index (χ0n) is 10.6. The highest BCUT2D eigenvalue weighted by Crippen LogP contribution is 2.19. The Morgan fingerprint density at radius 2 is 1.62 bits per heavy atom. The van der Waals surface area contributed by atoms with E-state index < -0.39 is 23.4 Å². The van der Waals surface area contributed by atoms with Gasteiger partial charge >= 0.3 is 0 Å². The first-order valence-corrected chi connectivity index (χ1v) is 6.27. The second-order valence-electron chi connectivity index (χ2n) is 4.16. The highest BCUT2D eigenvalue weighted by atomic mass is 35.5. The summed E-state index contributed by atoms with van der Waals surface area (Å²) >= 11 is 5.58. The van der Waals surface area contributed by atoms with E-state index in [9.17, 15) is 18.0 Å². The molecule has 3 nitrogen and oxygen atoms in total. The number of nitrogens with one attached hydrogen (secondary N) is 2. The van der Waals surface area contributed by atoms with Crippen LogP contribution >= 0.6 is 11.6 Å². The molecule has 0 heterocycles. The maximum atomic E-state index is 13.0. The maximum Gasteiger partial charge on any atom is 0.243 e. The van der Waals surface area contributed by atoms with Crippen LogP contribution < -0.4 is 10.6 Å². The third-order valence-corrected chi connectivity index (χ3v) is 2.87. The van der Waals surface area contributed by atoms with Crippen LogP contribution in [0.5, 0.6) is 0 Å². The summed E-state index contributed by atoms with van der Waals surface area (Å²) in [5.41, 5.74) is 0.597. The number of hydrogen-bond donors (Lipinski definition) is 2. The average molecular weight is 315 g/mol. The lowest BCUT2D eigenvalue weighted by atomic mass is 10.3. The Morgan fingerprint density at radius 1 is 0.952 bits per heavy atom. The Morgan fingerprint density at radius 3 is 2.29 bits per heavy atom. The number of rotatable bonds is 4. The molecule has 0 atom stereocenters. The predicted molar refractivity (Wildman–Crippen MR) is 74.9 cm³/mol. The fourth-order valence-electron chi connectivity index (χ4n) is 1.57. The molecule has 0 saturated carbocycles. The van der Waals surface area contributed by atoms with Gasteiger partial charge in [-0.3, -0.25) is 4.79 Å². The first kappa shape index (κ1) is 15.2. The molecule has 21 heavy (non-hydrogen) atoms. The molecule has 0 saturated heterocycles. The standard InChI is InChI=1S/C14H10ClF3N2O/c15-10-5-9(2-3-11(10)16)20-14(21)7-19-8-1-4-12(17)13(18)6-8/h1-6,19H,7H2,(H,20,21). The molecule has 0 unspecified atom stereocenters. The molecule has 110 valence electrons. The Kier molecular flexibility index (Phi) is 4.70. The third-order valence-electron chi connectivity index (χ3n) is 2.58. The summed E-state index contributed by atoms with van der Waals surface area (Å²) < 4.78 is 38.7. The fourth-order valence-corrected chi connectivity index (χ4v) is 1.75. The molecule has 7 heteroatoms. The zero-order chi connectivity index (χ0) is 15.4. The number of hydrogen-bond acceptors (Lipinski definition) is 2. The molecule has 2 N–H and O–H groups in total. The van der Waals surface area contributed by atoms with E-state index in [1.807, 2.05) is 0 Å². The zero-order valence-corrected chi connectivity index (χ0v) is 11.3. The van der Waals surface area contributed by atoms with E-state index in [4.69, 9.17) is 11.6 Å². The lowest BCUT2D eigenvalue weighted by Gasteiger charge is -2.08. The lowest BCUT2D eigenvalue weighted by Crippen LogP contribution is -2.21. The number of carbonyl (C=O) groups excluding carboxylic acids is 1. The Bertz CT molecular complexity index is 679. The highest BCUT2D eigenvalue weighted by molar-refractivity contribution is 6.31. The van der Waals surface area contributed by atoms with Gasteiger partial charge in [0.15, 0.2) is 11.6 Å². The van der Waals surface area contributed by atoms with Crippen LogP contribution in [0, 0.1) is 17.5 Å². The molecule has 0 bridgehead atoms. The molecule has 0 spiro atoms. The number of carbonyl (C=O) groups is 1. The van der Waals surface area contributed by atoms with Crippen molar-refractivity contribution in [3.63, 3.8) is 0 Å². The van der Waals surface area contributed by atoms with Crippen LogP contribution in [0.2, 0.25) is 5.02 Å². The van der Waals surface area contributed by atoms with Gasteiger partial charge in [-0.15, -0.1) is 0 Å². The Balaban J connectivity index is 1.92. The second-order valence-corrected chi connectivity index (χ2v) is 4.57. The molecule has 1 amide bonds. The van der Waals surface area contributed by atoms with Gasteiger partial charge in [0.25, 0.3) is 0 Å². The summed E-state index contributed by atoms with van der Waals surface area (Å²) in [5.74, 6) is -3.01. The highest BCUT2D eigenvalue weighted by Gasteiger charge is 2.07. The van der Waals surface area contributed by atoms with Crippen molar-refractivity contribution in [3.8, 4) is 0 Å². The van der Waals surface area contributed by atoms with Crippen molar-refractivity contribution in [2.24, 2.45) is 0 Å². The minimum Gasteiger partial charge on any atom is -0.376 e. The van der Waals surface area contributed by atoms with Crippen molar-refractivity contribution in [2.75, 3.05) is 17.2 Å². The van der Waals surface area contributed by atoms with Gasteiger partial charge in [0.1, 0.15) is 5.82 Å². The van der Waals surface area contributed by atoms with Gasteiger partial charge in [-0.1, -0.05) is 11.6 Å². The van der Waals surface area contributed by atoms with E-state index in [-0.39, 0.29) is 17.3 Å². The van der Waals surface area contributed by atoms with Gasteiger partial charge in [0, 0.05) is 17.4 Å². The van der Waals surface area contributed by atoms with Crippen molar-refractivity contribution < 1.29 is 18.0 Å². The smallest absolute Gasteiger partial charge is 0.243 e. The molecule has 0 aliphatic carbocycles. The van der Waals surface area contributed by atoms with E-state index in [1.54, 1.807) is 0 Å². The van der Waals surface area contributed by atoms with Gasteiger partial charge in [-0.05, 0) is 30.3 Å². The summed E-state index contributed by atoms with van der Waals surface area (Å²) in [4.78, 5) is 11.7. The van der Waals surface area contributed by atoms with Gasteiger partial charge < -0.3 is 10.6 Å². The molecule has 2 aromatic rings. The van der Waals surface area contributed by atoms with Gasteiger partial charge in [-0.2, -0.15) is 0 Å². The summed E-state index contributed by atoms with van der Waals surface area (Å²) in [6, 6.07) is 6.96. The summed E-state index contributed by atoms with van der Waals surface area (Å²) in [7, 11) is 0. The Hall–Kier alpha value is -2.21. The van der Waals surface area contributed by atoms with Crippen LogP contribution in [0.1, 0.15) is 0 Å². The first-order valence-electron chi connectivity index (χ1n) is 5.89. The molecular formula is C14H10ClF3N2O. The lowest BCUT2D eigenvalue weighted by molar-refractivity contribution is -0.114. The van der Waals surface area contributed by atoms with Crippen molar-refractivity contribution in [1.82, 2.24) is 0 Å². The van der Waals surface area contributed by atoms with Crippen LogP contribution in [-0.2, 0) is 4.79 Å². The maximum absolute atomic E-state index is 13.0. The van der Waals surface area contributed by atoms with Crippen LogP contribution in [0.25, 0.3) is 0 Å². The fraction of sp³-hybridized carbons (Fsp3) is 0.0714. The molecule has 2 rings (SSSR count). The summed E-state index contributed by atoms with van der Waals surface area (Å²) in [5, 5.41) is 5.01. The van der Waals surface area contributed by atoms with Crippen LogP contribution in [-0.4, -0.2) is 12.5 Å². The van der Waals surface area contributed by atoms with E-state index >= 15 is 0 Å². The number of amides is 1. The average Bonchev–Trinajstić information content (AvgIpc) is 2.44. The van der Waals surface area contributed by atoms with Gasteiger partial charge in [-0.25, -0.2) is 13.2 Å². The SMILES string of the molecule is O=C(CNc1ccc(F)c(F)c1)Nc1ccc(F)c(Cl)c1. The minimum atomic E-state index is -1.01. The van der Waals surface area contributed by atoms with Crippen LogP contribution in [0.4, 0.5) is 24.5 Å². The Labute approximate surface area is 123 Å². The molecule has 0 aromatic heterocycles. The summed E-state index contributed by atoms with van der Waals surface area (Å²) in [6.45, 7) is -0.167. The van der Waals surface area contributed by atoms with Gasteiger partial charge in [0.05, 0.1) is 11.6 Å². The minimum absolute atomic E-state index is 0.110. The second kappa shape index (κ2) is 6.49. The number of benzene rings is 2. The van der Waals surface area contributed by atoms with Gasteiger partial charge in [0.2, 0.25) is 5.91 Å². The van der Waals surface area contributed by atoms with E-state index in [1.165, 1.54) is 18.2 Å². The first-order chi connectivity index (χ1) is 9.95. The third kappa shape index (κ3) is 4.13. The van der Waals surface area contributed by atoms with Crippen LogP contribution in [0.3, 0.4) is 0 Å². The van der Waals surface area contributed by atoms with E-state index in [0.717, 1.165) is 18.2 Å². The summed E-state index contributed by atoms with van der Waals surface area (Å²) in [6.07, 6.45) is 0. The molecule has 0 fully saturated rings. The molecule has 2 aromatic carbocycles. The van der Waals surface area contributed by atoms with Crippen molar-refractivity contribution in [1.29, 1.82) is 0 Å². The van der Waals surface area contributed by atoms with Crippen molar-refractivity contribution in [3.05, 3.63) is 58.9 Å². The quantitative estimate of drug-likeness (QED) is 0.901. The predicted octanol–water partition coefficient (Wildman–Crippen LogP) is 3.81.